The van der Waals surface area contributed by atoms with E-state index in [-0.39, 0.29) is 11.2 Å². The van der Waals surface area contributed by atoms with Crippen LogP contribution in [-0.2, 0) is 17.0 Å². The second-order valence-electron chi connectivity index (χ2n) is 8.82. The van der Waals surface area contributed by atoms with Gasteiger partial charge in [-0.05, 0) is 55.5 Å². The summed E-state index contributed by atoms with van der Waals surface area (Å²) in [5.41, 5.74) is 0.417. The summed E-state index contributed by atoms with van der Waals surface area (Å²) in [7, 11) is -1.33. The molecular weight excluding hydrogens is 467 g/mol. The third kappa shape index (κ3) is 5.88. The molecule has 1 unspecified atom stereocenters. The third-order valence-corrected chi connectivity index (χ3v) is 8.81. The Balaban J connectivity index is 2.17. The van der Waals surface area contributed by atoms with Crippen molar-refractivity contribution in [1.29, 1.82) is 0 Å². The van der Waals surface area contributed by atoms with Crippen molar-refractivity contribution in [3.8, 4) is 5.75 Å². The van der Waals surface area contributed by atoms with Gasteiger partial charge in [-0.25, -0.2) is 0 Å². The molecule has 0 aromatic heterocycles. The molecule has 1 aliphatic rings. The van der Waals surface area contributed by atoms with Gasteiger partial charge in [0.05, 0.1) is 31.8 Å². The molecule has 0 aliphatic carbocycles. The lowest BCUT2D eigenvalue weighted by molar-refractivity contribution is -0.137. The SMILES string of the molecule is CCCCC1(CCCC)CN(c2ccc(C(F)(F)F)cc2)c2cc(SC)c(O)cc2S(=O)C1. The van der Waals surface area contributed by atoms with Crippen LogP contribution < -0.4 is 4.90 Å². The molecule has 2 aromatic rings. The van der Waals surface area contributed by atoms with E-state index in [0.717, 1.165) is 50.7 Å². The zero-order valence-electron chi connectivity index (χ0n) is 19.4. The van der Waals surface area contributed by atoms with E-state index < -0.39 is 22.5 Å². The van der Waals surface area contributed by atoms with E-state index in [1.807, 2.05) is 17.2 Å². The molecule has 0 bridgehead atoms. The zero-order chi connectivity index (χ0) is 24.2. The molecule has 0 saturated heterocycles. The van der Waals surface area contributed by atoms with E-state index in [1.165, 1.54) is 23.9 Å². The first-order valence-corrected chi connectivity index (χ1v) is 13.9. The largest absolute Gasteiger partial charge is 0.507 e. The van der Waals surface area contributed by atoms with Crippen molar-refractivity contribution in [1.82, 2.24) is 0 Å². The van der Waals surface area contributed by atoms with Crippen LogP contribution in [0.15, 0.2) is 46.2 Å². The van der Waals surface area contributed by atoms with Gasteiger partial charge in [-0.1, -0.05) is 39.5 Å². The average molecular weight is 500 g/mol. The number of fused-ring (bicyclic) bond motifs is 1. The normalized spacial score (nSPS) is 18.1. The number of aromatic hydroxyl groups is 1. The molecule has 1 aliphatic heterocycles. The van der Waals surface area contributed by atoms with Crippen LogP contribution in [0, 0.1) is 5.41 Å². The Morgan fingerprint density at radius 2 is 1.70 bits per heavy atom. The van der Waals surface area contributed by atoms with Gasteiger partial charge >= 0.3 is 6.18 Å². The first kappa shape index (κ1) is 25.9. The van der Waals surface area contributed by atoms with Gasteiger partial charge in [0.25, 0.3) is 0 Å². The van der Waals surface area contributed by atoms with E-state index in [1.54, 1.807) is 6.07 Å². The van der Waals surface area contributed by atoms with E-state index in [2.05, 4.69) is 13.8 Å². The molecule has 3 nitrogen and oxygen atoms in total. The van der Waals surface area contributed by atoms with Crippen molar-refractivity contribution >= 4 is 33.9 Å². The Morgan fingerprint density at radius 1 is 1.09 bits per heavy atom. The molecule has 0 radical (unpaired) electrons. The van der Waals surface area contributed by atoms with E-state index in [4.69, 9.17) is 0 Å². The average Bonchev–Trinajstić information content (AvgIpc) is 2.90. The molecule has 0 spiro atoms. The summed E-state index contributed by atoms with van der Waals surface area (Å²) < 4.78 is 53.1. The minimum Gasteiger partial charge on any atom is -0.507 e. The van der Waals surface area contributed by atoms with E-state index in [0.29, 0.717) is 33.5 Å². The number of phenolic OH excluding ortho intramolecular Hbond substituents is 1. The Labute approximate surface area is 201 Å². The fraction of sp³-hybridized carbons (Fsp3) is 0.520. The highest BCUT2D eigenvalue weighted by Crippen LogP contribution is 2.46. The predicted molar refractivity (Wildman–Crippen MR) is 131 cm³/mol. The van der Waals surface area contributed by atoms with Crippen LogP contribution in [0.1, 0.15) is 57.9 Å². The highest BCUT2D eigenvalue weighted by molar-refractivity contribution is 7.98. The molecule has 33 heavy (non-hydrogen) atoms. The van der Waals surface area contributed by atoms with Gasteiger partial charge < -0.3 is 10.0 Å². The van der Waals surface area contributed by atoms with Crippen LogP contribution in [0.5, 0.6) is 5.75 Å². The Morgan fingerprint density at radius 3 is 2.21 bits per heavy atom. The summed E-state index contributed by atoms with van der Waals surface area (Å²) in [6.45, 7) is 4.84. The van der Waals surface area contributed by atoms with E-state index >= 15 is 0 Å². The number of nitrogens with zero attached hydrogens (tertiary/aromatic N) is 1. The quantitative estimate of drug-likeness (QED) is 0.377. The molecule has 182 valence electrons. The van der Waals surface area contributed by atoms with Crippen molar-refractivity contribution < 1.29 is 22.5 Å². The molecule has 0 saturated carbocycles. The topological polar surface area (TPSA) is 40.5 Å². The monoisotopic (exact) mass is 499 g/mol. The third-order valence-electron chi connectivity index (χ3n) is 6.35. The number of alkyl halides is 3. The number of unbranched alkanes of at least 4 members (excludes halogenated alkanes) is 2. The van der Waals surface area contributed by atoms with Gasteiger partial charge in [0.15, 0.2) is 0 Å². The highest BCUT2D eigenvalue weighted by atomic mass is 32.2. The number of hydrogen-bond donors (Lipinski definition) is 1. The highest BCUT2D eigenvalue weighted by Gasteiger charge is 2.39. The summed E-state index contributed by atoms with van der Waals surface area (Å²) in [5.74, 6) is 0.562. The van der Waals surface area contributed by atoms with Crippen molar-refractivity contribution in [3.63, 3.8) is 0 Å². The number of hydrogen-bond acceptors (Lipinski definition) is 4. The number of phenols is 1. The lowest BCUT2D eigenvalue weighted by Gasteiger charge is -2.37. The fourth-order valence-corrected chi connectivity index (χ4v) is 6.74. The van der Waals surface area contributed by atoms with Gasteiger partial charge in [0, 0.05) is 23.4 Å². The number of thioether (sulfide) groups is 1. The van der Waals surface area contributed by atoms with Crippen molar-refractivity contribution in [2.24, 2.45) is 5.41 Å². The summed E-state index contributed by atoms with van der Waals surface area (Å²) >= 11 is 1.38. The summed E-state index contributed by atoms with van der Waals surface area (Å²) in [6.07, 6.45) is 3.30. The van der Waals surface area contributed by atoms with Gasteiger partial charge in [0.2, 0.25) is 0 Å². The van der Waals surface area contributed by atoms with Crippen LogP contribution in [0.4, 0.5) is 24.5 Å². The number of rotatable bonds is 8. The minimum atomic E-state index is -4.40. The summed E-state index contributed by atoms with van der Waals surface area (Å²) in [5, 5.41) is 10.5. The molecule has 3 rings (SSSR count). The second kappa shape index (κ2) is 10.7. The molecule has 8 heteroatoms. The van der Waals surface area contributed by atoms with Crippen LogP contribution in [0.3, 0.4) is 0 Å². The Hall–Kier alpha value is -1.67. The molecule has 1 heterocycles. The Kier molecular flexibility index (Phi) is 8.43. The summed E-state index contributed by atoms with van der Waals surface area (Å²) in [6, 6.07) is 8.59. The lowest BCUT2D eigenvalue weighted by atomic mass is 9.79. The van der Waals surface area contributed by atoms with Crippen molar-refractivity contribution in [3.05, 3.63) is 42.0 Å². The zero-order valence-corrected chi connectivity index (χ0v) is 21.0. The maximum Gasteiger partial charge on any atom is 0.416 e. The second-order valence-corrected chi connectivity index (χ2v) is 11.1. The number of anilines is 2. The molecule has 1 atom stereocenters. The maximum atomic E-state index is 13.6. The van der Waals surface area contributed by atoms with Gasteiger partial charge in [-0.3, -0.25) is 4.21 Å². The lowest BCUT2D eigenvalue weighted by Crippen LogP contribution is -2.37. The standard InChI is InChI=1S/C25H32F3NO2S2/c1-4-6-12-24(13-7-5-2)16-29(19-10-8-18(9-11-19)25(26,27)28)20-14-22(32-3)21(30)15-23(20)33(31)17-24/h8-11,14-15,30H,4-7,12-13,16-17H2,1-3H3. The molecular formula is C25H32F3NO2S2. The van der Waals surface area contributed by atoms with Crippen LogP contribution >= 0.6 is 11.8 Å². The molecule has 0 amide bonds. The summed E-state index contributed by atoms with van der Waals surface area (Å²) in [4.78, 5) is 3.21. The van der Waals surface area contributed by atoms with Crippen LogP contribution in [0.2, 0.25) is 0 Å². The number of benzene rings is 2. The van der Waals surface area contributed by atoms with Gasteiger partial charge in [-0.15, -0.1) is 11.8 Å². The Bertz CT molecular complexity index is 969. The smallest absolute Gasteiger partial charge is 0.416 e. The molecule has 1 N–H and O–H groups in total. The van der Waals surface area contributed by atoms with Crippen molar-refractivity contribution in [2.75, 3.05) is 23.5 Å². The first-order chi connectivity index (χ1) is 15.6. The maximum absolute atomic E-state index is 13.6. The predicted octanol–water partition coefficient (Wildman–Crippen LogP) is 7.76. The van der Waals surface area contributed by atoms with Gasteiger partial charge in [0.1, 0.15) is 5.75 Å². The van der Waals surface area contributed by atoms with Crippen LogP contribution in [-0.4, -0.2) is 27.9 Å². The van der Waals surface area contributed by atoms with E-state index in [9.17, 15) is 22.5 Å². The van der Waals surface area contributed by atoms with Crippen LogP contribution in [0.25, 0.3) is 0 Å². The van der Waals surface area contributed by atoms with Crippen molar-refractivity contribution in [2.45, 2.75) is 68.3 Å². The molecule has 2 aromatic carbocycles. The van der Waals surface area contributed by atoms with Gasteiger partial charge in [-0.2, -0.15) is 13.2 Å². The number of halogens is 3. The first-order valence-electron chi connectivity index (χ1n) is 11.4. The fourth-order valence-electron chi connectivity index (χ4n) is 4.51. The molecule has 0 fully saturated rings. The minimum absolute atomic E-state index is 0.0802.